The second-order valence-corrected chi connectivity index (χ2v) is 7.79. The number of halogens is 1. The van der Waals surface area contributed by atoms with Gasteiger partial charge in [0.05, 0.1) is 10.8 Å². The lowest BCUT2D eigenvalue weighted by molar-refractivity contribution is 0.302. The predicted molar refractivity (Wildman–Crippen MR) is 79.9 cm³/mol. The summed E-state index contributed by atoms with van der Waals surface area (Å²) in [6.07, 6.45) is 3.37. The molecule has 0 bridgehead atoms. The molecule has 1 aliphatic carbocycles. The van der Waals surface area contributed by atoms with Crippen molar-refractivity contribution < 1.29 is 4.21 Å². The molecule has 100 valence electrons. The van der Waals surface area contributed by atoms with Crippen LogP contribution in [0.5, 0.6) is 0 Å². The summed E-state index contributed by atoms with van der Waals surface area (Å²) in [4.78, 5) is 0.927. The van der Waals surface area contributed by atoms with Crippen LogP contribution in [0, 0.1) is 11.8 Å². The van der Waals surface area contributed by atoms with Crippen LogP contribution >= 0.6 is 15.9 Å². The average molecular weight is 330 g/mol. The lowest BCUT2D eigenvalue weighted by Crippen LogP contribution is -2.36. The molecule has 0 spiro atoms. The van der Waals surface area contributed by atoms with E-state index >= 15 is 0 Å². The molecular formula is C14H20BrNOS. The summed E-state index contributed by atoms with van der Waals surface area (Å²) in [7, 11) is -0.930. The van der Waals surface area contributed by atoms with Crippen molar-refractivity contribution in [2.24, 2.45) is 17.6 Å². The fourth-order valence-corrected chi connectivity index (χ4v) is 4.79. The average Bonchev–Trinajstić information content (AvgIpc) is 2.39. The van der Waals surface area contributed by atoms with Gasteiger partial charge in [-0.3, -0.25) is 4.21 Å². The monoisotopic (exact) mass is 329 g/mol. The van der Waals surface area contributed by atoms with Gasteiger partial charge >= 0.3 is 0 Å². The van der Waals surface area contributed by atoms with Crippen LogP contribution in [-0.4, -0.2) is 16.0 Å². The smallest absolute Gasteiger partial charge is 0.0564 e. The molecule has 2 rings (SSSR count). The Morgan fingerprint density at radius 1 is 1.33 bits per heavy atom. The third-order valence-electron chi connectivity index (χ3n) is 3.81. The van der Waals surface area contributed by atoms with Gasteiger partial charge in [-0.2, -0.15) is 0 Å². The fraction of sp³-hybridized carbons (Fsp3) is 0.571. The minimum Gasteiger partial charge on any atom is -0.330 e. The maximum absolute atomic E-state index is 12.7. The van der Waals surface area contributed by atoms with Crippen LogP contribution in [0.15, 0.2) is 33.6 Å². The minimum absolute atomic E-state index is 0.222. The predicted octanol–water partition coefficient (Wildman–Crippen LogP) is 3.32. The third kappa shape index (κ3) is 3.22. The zero-order valence-corrected chi connectivity index (χ0v) is 13.0. The first-order chi connectivity index (χ1) is 8.61. The summed E-state index contributed by atoms with van der Waals surface area (Å²) >= 11 is 3.41. The Bertz CT molecular complexity index is 420. The highest BCUT2D eigenvalue weighted by Crippen LogP contribution is 2.33. The van der Waals surface area contributed by atoms with Crippen molar-refractivity contribution in [2.45, 2.75) is 36.3 Å². The lowest BCUT2D eigenvalue weighted by atomic mass is 9.82. The summed E-state index contributed by atoms with van der Waals surface area (Å²) in [5.41, 5.74) is 5.84. The lowest BCUT2D eigenvalue weighted by Gasteiger charge is -2.33. The van der Waals surface area contributed by atoms with Crippen molar-refractivity contribution in [2.75, 3.05) is 6.54 Å². The molecule has 1 fully saturated rings. The van der Waals surface area contributed by atoms with Gasteiger partial charge in [-0.25, -0.2) is 0 Å². The van der Waals surface area contributed by atoms with Gasteiger partial charge in [0, 0.05) is 14.6 Å². The highest BCUT2D eigenvalue weighted by molar-refractivity contribution is 9.10. The maximum Gasteiger partial charge on any atom is 0.0564 e. The third-order valence-corrected chi connectivity index (χ3v) is 6.21. The summed E-state index contributed by atoms with van der Waals surface area (Å²) < 4.78 is 13.7. The van der Waals surface area contributed by atoms with Crippen LogP contribution in [0.25, 0.3) is 0 Å². The molecule has 4 atom stereocenters. The van der Waals surface area contributed by atoms with Crippen molar-refractivity contribution in [3.8, 4) is 0 Å². The van der Waals surface area contributed by atoms with Crippen LogP contribution < -0.4 is 5.73 Å². The van der Waals surface area contributed by atoms with Gasteiger partial charge in [-0.05, 0) is 55.5 Å². The fourth-order valence-electron chi connectivity index (χ4n) is 2.67. The summed E-state index contributed by atoms with van der Waals surface area (Å²) in [6, 6.07) is 7.81. The van der Waals surface area contributed by atoms with Crippen molar-refractivity contribution in [1.82, 2.24) is 0 Å². The first kappa shape index (κ1) is 14.2. The number of benzene rings is 1. The molecule has 0 aliphatic heterocycles. The van der Waals surface area contributed by atoms with Gasteiger partial charge < -0.3 is 5.73 Å². The van der Waals surface area contributed by atoms with E-state index < -0.39 is 10.8 Å². The molecule has 0 heterocycles. The first-order valence-corrected chi connectivity index (χ1v) is 8.48. The number of hydrogen-bond donors (Lipinski definition) is 1. The van der Waals surface area contributed by atoms with E-state index in [1.807, 2.05) is 24.3 Å². The molecule has 1 saturated carbocycles. The molecule has 1 aromatic carbocycles. The molecule has 4 unspecified atom stereocenters. The van der Waals surface area contributed by atoms with E-state index in [0.717, 1.165) is 22.2 Å². The molecule has 1 aromatic rings. The van der Waals surface area contributed by atoms with Crippen molar-refractivity contribution in [3.05, 3.63) is 28.7 Å². The molecule has 0 amide bonds. The SMILES string of the molecule is CC1CCC(CN)C(S(=O)c2ccc(Br)cc2)C1. The van der Waals surface area contributed by atoms with E-state index in [-0.39, 0.29) is 5.25 Å². The Kier molecular flexibility index (Phi) is 4.98. The Hall–Kier alpha value is -0.190. The Morgan fingerprint density at radius 3 is 2.61 bits per heavy atom. The Labute approximate surface area is 120 Å². The highest BCUT2D eigenvalue weighted by atomic mass is 79.9. The van der Waals surface area contributed by atoms with Gasteiger partial charge in [0.2, 0.25) is 0 Å². The molecule has 0 saturated heterocycles. The normalized spacial score (nSPS) is 30.1. The number of nitrogens with two attached hydrogens (primary N) is 1. The van der Waals surface area contributed by atoms with E-state index in [0.29, 0.717) is 18.4 Å². The zero-order chi connectivity index (χ0) is 13.1. The van der Waals surface area contributed by atoms with Crippen molar-refractivity contribution in [3.63, 3.8) is 0 Å². The van der Waals surface area contributed by atoms with Crippen LogP contribution in [0.2, 0.25) is 0 Å². The second-order valence-electron chi connectivity index (χ2n) is 5.20. The van der Waals surface area contributed by atoms with Gasteiger partial charge in [0.1, 0.15) is 0 Å². The molecule has 0 radical (unpaired) electrons. The number of rotatable bonds is 3. The van der Waals surface area contributed by atoms with Crippen LogP contribution in [-0.2, 0) is 10.8 Å². The minimum atomic E-state index is -0.930. The summed E-state index contributed by atoms with van der Waals surface area (Å²) in [6.45, 7) is 2.90. The molecule has 2 N–H and O–H groups in total. The van der Waals surface area contributed by atoms with Gasteiger partial charge in [-0.1, -0.05) is 29.3 Å². The second kappa shape index (κ2) is 6.31. The Balaban J connectivity index is 2.17. The van der Waals surface area contributed by atoms with E-state index in [1.165, 1.54) is 6.42 Å². The van der Waals surface area contributed by atoms with Crippen LogP contribution in [0.3, 0.4) is 0 Å². The topological polar surface area (TPSA) is 43.1 Å². The van der Waals surface area contributed by atoms with E-state index in [4.69, 9.17) is 5.73 Å². The van der Waals surface area contributed by atoms with E-state index in [1.54, 1.807) is 0 Å². The maximum atomic E-state index is 12.7. The summed E-state index contributed by atoms with van der Waals surface area (Å²) in [5.74, 6) is 1.07. The Morgan fingerprint density at radius 2 is 2.00 bits per heavy atom. The first-order valence-electron chi connectivity index (χ1n) is 6.48. The van der Waals surface area contributed by atoms with E-state index in [2.05, 4.69) is 22.9 Å². The molecule has 2 nitrogen and oxygen atoms in total. The van der Waals surface area contributed by atoms with Crippen LogP contribution in [0.1, 0.15) is 26.2 Å². The largest absolute Gasteiger partial charge is 0.330 e. The standard InChI is InChI=1S/C14H20BrNOS/c1-10-2-3-11(9-16)14(8-10)18(17)13-6-4-12(15)5-7-13/h4-7,10-11,14H,2-3,8-9,16H2,1H3. The van der Waals surface area contributed by atoms with E-state index in [9.17, 15) is 4.21 Å². The van der Waals surface area contributed by atoms with Gasteiger partial charge in [-0.15, -0.1) is 0 Å². The van der Waals surface area contributed by atoms with Crippen molar-refractivity contribution >= 4 is 26.7 Å². The zero-order valence-electron chi connectivity index (χ0n) is 10.6. The van der Waals surface area contributed by atoms with Crippen molar-refractivity contribution in [1.29, 1.82) is 0 Å². The highest BCUT2D eigenvalue weighted by Gasteiger charge is 2.32. The molecule has 0 aromatic heterocycles. The van der Waals surface area contributed by atoms with Gasteiger partial charge in [0.15, 0.2) is 0 Å². The summed E-state index contributed by atoms with van der Waals surface area (Å²) in [5, 5.41) is 0.222. The quantitative estimate of drug-likeness (QED) is 0.924. The molecular weight excluding hydrogens is 310 g/mol. The molecule has 18 heavy (non-hydrogen) atoms. The molecule has 4 heteroatoms. The molecule has 1 aliphatic rings. The van der Waals surface area contributed by atoms with Gasteiger partial charge in [0.25, 0.3) is 0 Å². The van der Waals surface area contributed by atoms with Crippen LogP contribution in [0.4, 0.5) is 0 Å². The number of hydrogen-bond acceptors (Lipinski definition) is 2.